The first-order valence-corrected chi connectivity index (χ1v) is 10.3. The van der Waals surface area contributed by atoms with Gasteiger partial charge in [-0.25, -0.2) is 4.79 Å². The molecule has 0 aromatic heterocycles. The number of hydrogen-bond donors (Lipinski definition) is 3. The summed E-state index contributed by atoms with van der Waals surface area (Å²) in [5, 5.41) is 9.56. The molecule has 3 N–H and O–H groups in total. The third kappa shape index (κ3) is 4.43. The second-order valence-electron chi connectivity index (χ2n) is 8.14. The van der Waals surface area contributed by atoms with Gasteiger partial charge in [-0.15, -0.1) is 0 Å². The molecular formula is C21H30N4O2. The Morgan fingerprint density at radius 2 is 1.89 bits per heavy atom. The molecule has 1 saturated carbocycles. The lowest BCUT2D eigenvalue weighted by molar-refractivity contribution is -0.126. The lowest BCUT2D eigenvalue weighted by Crippen LogP contribution is -2.50. The molecule has 3 amide bonds. The first-order valence-electron chi connectivity index (χ1n) is 10.3. The first-order chi connectivity index (χ1) is 13.2. The number of fused-ring (bicyclic) bond motifs is 1. The quantitative estimate of drug-likeness (QED) is 0.761. The highest BCUT2D eigenvalue weighted by atomic mass is 16.2. The number of hydrogen-bond acceptors (Lipinski definition) is 3. The predicted octanol–water partition coefficient (Wildman–Crippen LogP) is 2.27. The number of carbonyl (C=O) groups excluding carboxylic acids is 2. The second kappa shape index (κ2) is 8.30. The first kappa shape index (κ1) is 18.3. The van der Waals surface area contributed by atoms with Crippen molar-refractivity contribution in [2.75, 3.05) is 13.1 Å². The van der Waals surface area contributed by atoms with E-state index in [4.69, 9.17) is 0 Å². The van der Waals surface area contributed by atoms with Gasteiger partial charge >= 0.3 is 6.03 Å². The van der Waals surface area contributed by atoms with Crippen molar-refractivity contribution in [1.29, 1.82) is 0 Å². The van der Waals surface area contributed by atoms with Crippen LogP contribution in [0, 0.1) is 5.92 Å². The molecule has 2 heterocycles. The maximum Gasteiger partial charge on any atom is 0.317 e. The normalized spacial score (nSPS) is 22.5. The Bertz CT molecular complexity index is 699. The van der Waals surface area contributed by atoms with E-state index >= 15 is 0 Å². The summed E-state index contributed by atoms with van der Waals surface area (Å²) in [6.07, 6.45) is 6.32. The lowest BCUT2D eigenvalue weighted by Gasteiger charge is -2.33. The van der Waals surface area contributed by atoms with Crippen LogP contribution in [0.5, 0.6) is 0 Å². The molecule has 6 heteroatoms. The van der Waals surface area contributed by atoms with Crippen LogP contribution in [0.3, 0.4) is 0 Å². The van der Waals surface area contributed by atoms with Gasteiger partial charge in [0.2, 0.25) is 5.91 Å². The molecule has 4 rings (SSSR count). The lowest BCUT2D eigenvalue weighted by atomic mass is 9.97. The number of amides is 3. The average Bonchev–Trinajstić information content (AvgIpc) is 3.37. The van der Waals surface area contributed by atoms with Crippen LogP contribution < -0.4 is 16.0 Å². The molecule has 6 nitrogen and oxygen atoms in total. The number of piperidine rings is 1. The molecule has 0 bridgehead atoms. The minimum Gasteiger partial charge on any atom is -0.352 e. The summed E-state index contributed by atoms with van der Waals surface area (Å²) >= 11 is 0. The van der Waals surface area contributed by atoms with Crippen molar-refractivity contribution in [2.24, 2.45) is 5.92 Å². The third-order valence-corrected chi connectivity index (χ3v) is 6.13. The summed E-state index contributed by atoms with van der Waals surface area (Å²) in [5.74, 6) is -0.0452. The van der Waals surface area contributed by atoms with Gasteiger partial charge < -0.3 is 20.9 Å². The van der Waals surface area contributed by atoms with E-state index in [2.05, 4.69) is 34.1 Å². The van der Waals surface area contributed by atoms with Crippen LogP contribution in [-0.2, 0) is 24.4 Å². The fourth-order valence-electron chi connectivity index (χ4n) is 4.50. The van der Waals surface area contributed by atoms with Crippen molar-refractivity contribution in [3.8, 4) is 0 Å². The molecule has 3 aliphatic rings. The minimum absolute atomic E-state index is 0.00511. The molecule has 2 fully saturated rings. The van der Waals surface area contributed by atoms with E-state index < -0.39 is 0 Å². The van der Waals surface area contributed by atoms with Gasteiger partial charge in [0.05, 0.1) is 5.92 Å². The molecule has 0 spiro atoms. The predicted molar refractivity (Wildman–Crippen MR) is 104 cm³/mol. The van der Waals surface area contributed by atoms with Gasteiger partial charge in [0.1, 0.15) is 0 Å². The van der Waals surface area contributed by atoms with Gasteiger partial charge in [0.15, 0.2) is 0 Å². The molecule has 1 aromatic carbocycles. The molecule has 0 radical (unpaired) electrons. The Morgan fingerprint density at radius 1 is 1.07 bits per heavy atom. The van der Waals surface area contributed by atoms with Crippen molar-refractivity contribution in [2.45, 2.75) is 64.2 Å². The zero-order valence-electron chi connectivity index (χ0n) is 15.9. The molecule has 27 heavy (non-hydrogen) atoms. The van der Waals surface area contributed by atoms with Crippen LogP contribution in [0.15, 0.2) is 18.2 Å². The zero-order valence-corrected chi connectivity index (χ0v) is 15.9. The van der Waals surface area contributed by atoms with Crippen molar-refractivity contribution in [3.63, 3.8) is 0 Å². The number of rotatable bonds is 4. The summed E-state index contributed by atoms with van der Waals surface area (Å²) in [7, 11) is 0. The van der Waals surface area contributed by atoms with Crippen LogP contribution in [0.25, 0.3) is 0 Å². The number of nitrogens with zero attached hydrogens (tertiary/aromatic N) is 1. The van der Waals surface area contributed by atoms with Crippen LogP contribution in [0.1, 0.15) is 55.2 Å². The monoisotopic (exact) mass is 370 g/mol. The highest BCUT2D eigenvalue weighted by Gasteiger charge is 2.29. The van der Waals surface area contributed by atoms with Crippen molar-refractivity contribution in [3.05, 3.63) is 34.9 Å². The Morgan fingerprint density at radius 3 is 2.74 bits per heavy atom. The SMILES string of the molecule is O=C(NCc1ccc2c(c1)CNC2)C1CCCN(C(=O)NC2CCCC2)C1. The van der Waals surface area contributed by atoms with Gasteiger partial charge in [0, 0.05) is 38.8 Å². The van der Waals surface area contributed by atoms with Crippen molar-refractivity contribution in [1.82, 2.24) is 20.9 Å². The number of carbonyl (C=O) groups is 2. The molecular weight excluding hydrogens is 340 g/mol. The topological polar surface area (TPSA) is 73.5 Å². The van der Waals surface area contributed by atoms with Crippen LogP contribution in [-0.4, -0.2) is 36.0 Å². The van der Waals surface area contributed by atoms with Gasteiger partial charge in [-0.3, -0.25) is 4.79 Å². The van der Waals surface area contributed by atoms with E-state index in [1.54, 1.807) is 0 Å². The molecule has 1 aromatic rings. The Labute approximate surface area is 161 Å². The number of likely N-dealkylation sites (tertiary alicyclic amines) is 1. The molecule has 146 valence electrons. The van der Waals surface area contributed by atoms with Crippen LogP contribution in [0.2, 0.25) is 0 Å². The van der Waals surface area contributed by atoms with E-state index in [9.17, 15) is 9.59 Å². The molecule has 1 aliphatic carbocycles. The Hall–Kier alpha value is -2.08. The van der Waals surface area contributed by atoms with Gasteiger partial charge in [-0.2, -0.15) is 0 Å². The van der Waals surface area contributed by atoms with E-state index in [0.29, 0.717) is 19.1 Å². The smallest absolute Gasteiger partial charge is 0.317 e. The van der Waals surface area contributed by atoms with E-state index in [0.717, 1.165) is 50.9 Å². The molecule has 1 unspecified atom stereocenters. The number of nitrogens with one attached hydrogen (secondary N) is 3. The van der Waals surface area contributed by atoms with Crippen LogP contribution in [0.4, 0.5) is 4.79 Å². The molecule has 1 atom stereocenters. The summed E-state index contributed by atoms with van der Waals surface area (Å²) in [6, 6.07) is 6.74. The standard InChI is InChI=1S/C21H30N4O2/c26-20(23-11-15-7-8-16-12-22-13-18(16)10-15)17-4-3-9-25(14-17)21(27)24-19-5-1-2-6-19/h7-8,10,17,19,22H,1-6,9,11-14H2,(H,23,26)(H,24,27). The molecule has 2 aliphatic heterocycles. The number of benzene rings is 1. The maximum absolute atomic E-state index is 12.6. The number of urea groups is 1. The summed E-state index contributed by atoms with van der Waals surface area (Å²) < 4.78 is 0. The summed E-state index contributed by atoms with van der Waals surface area (Å²) in [6.45, 7) is 3.67. The van der Waals surface area contributed by atoms with Crippen molar-refractivity contribution < 1.29 is 9.59 Å². The van der Waals surface area contributed by atoms with Gasteiger partial charge in [-0.1, -0.05) is 31.0 Å². The zero-order chi connectivity index (χ0) is 18.6. The highest BCUT2D eigenvalue weighted by Crippen LogP contribution is 2.21. The average molecular weight is 370 g/mol. The minimum atomic E-state index is -0.107. The third-order valence-electron chi connectivity index (χ3n) is 6.13. The van der Waals surface area contributed by atoms with Gasteiger partial charge in [0.25, 0.3) is 0 Å². The summed E-state index contributed by atoms with van der Waals surface area (Å²) in [5.41, 5.74) is 3.81. The Balaban J connectivity index is 1.27. The van der Waals surface area contributed by atoms with E-state index in [-0.39, 0.29) is 17.9 Å². The highest BCUT2D eigenvalue weighted by molar-refractivity contribution is 5.81. The maximum atomic E-state index is 12.6. The van der Waals surface area contributed by atoms with Crippen LogP contribution >= 0.6 is 0 Å². The van der Waals surface area contributed by atoms with E-state index in [1.807, 2.05) is 4.90 Å². The fourth-order valence-corrected chi connectivity index (χ4v) is 4.50. The molecule has 1 saturated heterocycles. The van der Waals surface area contributed by atoms with Crippen molar-refractivity contribution >= 4 is 11.9 Å². The van der Waals surface area contributed by atoms with Gasteiger partial charge in [-0.05, 0) is 42.4 Å². The summed E-state index contributed by atoms with van der Waals surface area (Å²) in [4.78, 5) is 26.9. The van der Waals surface area contributed by atoms with E-state index in [1.165, 1.54) is 24.0 Å². The second-order valence-corrected chi connectivity index (χ2v) is 8.14. The fraction of sp³-hybridized carbons (Fsp3) is 0.619. The largest absolute Gasteiger partial charge is 0.352 e. The Kier molecular flexibility index (Phi) is 5.62.